The molecule has 5 nitrogen and oxygen atoms in total. The highest BCUT2D eigenvalue weighted by Gasteiger charge is 2.24. The Kier molecular flexibility index (Phi) is 4.06. The van der Waals surface area contributed by atoms with Crippen molar-refractivity contribution in [1.29, 1.82) is 0 Å². The third-order valence-electron chi connectivity index (χ3n) is 3.05. The van der Waals surface area contributed by atoms with Gasteiger partial charge in [-0.05, 0) is 25.8 Å². The van der Waals surface area contributed by atoms with Gasteiger partial charge in [0.05, 0.1) is 6.54 Å². The maximum Gasteiger partial charge on any atom is 0.220 e. The average molecular weight is 254 g/mol. The summed E-state index contributed by atoms with van der Waals surface area (Å²) in [5.41, 5.74) is 0. The first kappa shape index (κ1) is 12.4. The molecule has 17 heavy (non-hydrogen) atoms. The number of aryl methyl sites for hydroxylation is 1. The zero-order valence-corrected chi connectivity index (χ0v) is 11.1. The summed E-state index contributed by atoms with van der Waals surface area (Å²) in [5, 5.41) is 12.9. The highest BCUT2D eigenvalue weighted by Crippen LogP contribution is 2.22. The first-order valence-corrected chi connectivity index (χ1v) is 6.71. The number of aromatic nitrogens is 2. The molecule has 1 atom stereocenters. The standard InChI is InChI=1S/C11H18N4OS/c1-8-13-14-11(17-8)7-15-4-3-9(6-15)5-10(16)12-2/h9H,3-7H2,1-2H3,(H,12,16). The fraction of sp³-hybridized carbons (Fsp3) is 0.727. The van der Waals surface area contributed by atoms with Crippen LogP contribution in [-0.2, 0) is 11.3 Å². The van der Waals surface area contributed by atoms with E-state index in [0.29, 0.717) is 12.3 Å². The van der Waals surface area contributed by atoms with E-state index in [2.05, 4.69) is 20.4 Å². The Morgan fingerprint density at radius 3 is 3.06 bits per heavy atom. The van der Waals surface area contributed by atoms with Crippen LogP contribution in [0.5, 0.6) is 0 Å². The quantitative estimate of drug-likeness (QED) is 0.863. The minimum absolute atomic E-state index is 0.142. The van der Waals surface area contributed by atoms with E-state index in [1.54, 1.807) is 18.4 Å². The second-order valence-corrected chi connectivity index (χ2v) is 5.75. The summed E-state index contributed by atoms with van der Waals surface area (Å²) in [6.45, 7) is 4.89. The Hall–Kier alpha value is -1.01. The highest BCUT2D eigenvalue weighted by atomic mass is 32.1. The SMILES string of the molecule is CNC(=O)CC1CCN(Cc2nnc(C)s2)C1. The molecule has 1 N–H and O–H groups in total. The number of nitrogens with one attached hydrogen (secondary N) is 1. The Labute approximate surface area is 105 Å². The normalized spacial score (nSPS) is 20.7. The number of hydrogen-bond donors (Lipinski definition) is 1. The second kappa shape index (κ2) is 5.55. The molecule has 0 aromatic carbocycles. The molecular weight excluding hydrogens is 236 g/mol. The van der Waals surface area contributed by atoms with Crippen LogP contribution in [0.1, 0.15) is 22.9 Å². The first-order valence-electron chi connectivity index (χ1n) is 5.89. The molecule has 94 valence electrons. The molecule has 1 aromatic rings. The fourth-order valence-electron chi connectivity index (χ4n) is 2.18. The van der Waals surface area contributed by atoms with Crippen molar-refractivity contribution in [3.8, 4) is 0 Å². The lowest BCUT2D eigenvalue weighted by Crippen LogP contribution is -2.24. The molecule has 0 bridgehead atoms. The van der Waals surface area contributed by atoms with Gasteiger partial charge >= 0.3 is 0 Å². The van der Waals surface area contributed by atoms with E-state index in [-0.39, 0.29) is 5.91 Å². The molecule has 1 aromatic heterocycles. The van der Waals surface area contributed by atoms with E-state index < -0.39 is 0 Å². The van der Waals surface area contributed by atoms with Crippen molar-refractivity contribution in [3.63, 3.8) is 0 Å². The van der Waals surface area contributed by atoms with Crippen LogP contribution in [-0.4, -0.2) is 41.1 Å². The van der Waals surface area contributed by atoms with Crippen LogP contribution in [0.2, 0.25) is 0 Å². The molecule has 1 unspecified atom stereocenters. The minimum atomic E-state index is 0.142. The number of rotatable bonds is 4. The van der Waals surface area contributed by atoms with Crippen LogP contribution in [0.25, 0.3) is 0 Å². The van der Waals surface area contributed by atoms with Gasteiger partial charge in [0.25, 0.3) is 0 Å². The molecule has 0 aliphatic carbocycles. The molecule has 1 amide bonds. The lowest BCUT2D eigenvalue weighted by atomic mass is 10.1. The van der Waals surface area contributed by atoms with Gasteiger partial charge in [0.15, 0.2) is 0 Å². The van der Waals surface area contributed by atoms with Crippen molar-refractivity contribution in [2.45, 2.75) is 26.3 Å². The van der Waals surface area contributed by atoms with Gasteiger partial charge in [0, 0.05) is 20.0 Å². The summed E-state index contributed by atoms with van der Waals surface area (Å²) in [6.07, 6.45) is 1.74. The molecule has 0 radical (unpaired) electrons. The monoisotopic (exact) mass is 254 g/mol. The number of likely N-dealkylation sites (tertiary alicyclic amines) is 1. The highest BCUT2D eigenvalue weighted by molar-refractivity contribution is 7.11. The summed E-state index contributed by atoms with van der Waals surface area (Å²) >= 11 is 1.65. The van der Waals surface area contributed by atoms with Gasteiger partial charge < -0.3 is 5.32 Å². The van der Waals surface area contributed by atoms with E-state index in [4.69, 9.17) is 0 Å². The summed E-state index contributed by atoms with van der Waals surface area (Å²) in [6, 6.07) is 0. The van der Waals surface area contributed by atoms with Gasteiger partial charge in [-0.1, -0.05) is 0 Å². The first-order chi connectivity index (χ1) is 8.17. The predicted molar refractivity (Wildman–Crippen MR) is 66.7 cm³/mol. The van der Waals surface area contributed by atoms with Crippen molar-refractivity contribution in [2.75, 3.05) is 20.1 Å². The number of carbonyl (C=O) groups is 1. The van der Waals surface area contributed by atoms with E-state index in [1.807, 2.05) is 6.92 Å². The van der Waals surface area contributed by atoms with Gasteiger partial charge in [0.1, 0.15) is 10.0 Å². The van der Waals surface area contributed by atoms with Gasteiger partial charge in [-0.15, -0.1) is 21.5 Å². The molecule has 1 aliphatic rings. The molecule has 2 rings (SSSR count). The molecular formula is C11H18N4OS. The third-order valence-corrected chi connectivity index (χ3v) is 3.87. The summed E-state index contributed by atoms with van der Waals surface area (Å²) in [5.74, 6) is 0.632. The van der Waals surface area contributed by atoms with Crippen LogP contribution >= 0.6 is 11.3 Å². The summed E-state index contributed by atoms with van der Waals surface area (Å²) < 4.78 is 0. The van der Waals surface area contributed by atoms with Crippen LogP contribution in [0.3, 0.4) is 0 Å². The Morgan fingerprint density at radius 2 is 2.41 bits per heavy atom. The van der Waals surface area contributed by atoms with Gasteiger partial charge in [-0.2, -0.15) is 0 Å². The van der Waals surface area contributed by atoms with Crippen molar-refractivity contribution in [1.82, 2.24) is 20.4 Å². The zero-order valence-electron chi connectivity index (χ0n) is 10.3. The topological polar surface area (TPSA) is 58.1 Å². The molecule has 1 fully saturated rings. The van der Waals surface area contributed by atoms with Crippen molar-refractivity contribution in [2.24, 2.45) is 5.92 Å². The molecule has 6 heteroatoms. The number of nitrogens with zero attached hydrogens (tertiary/aromatic N) is 3. The molecule has 1 aliphatic heterocycles. The molecule has 0 saturated carbocycles. The van der Waals surface area contributed by atoms with Gasteiger partial charge in [0.2, 0.25) is 5.91 Å². The van der Waals surface area contributed by atoms with Crippen LogP contribution in [0.4, 0.5) is 0 Å². The summed E-state index contributed by atoms with van der Waals surface area (Å²) in [7, 11) is 1.69. The Balaban J connectivity index is 1.80. The van der Waals surface area contributed by atoms with Gasteiger partial charge in [-0.25, -0.2) is 0 Å². The van der Waals surface area contributed by atoms with Gasteiger partial charge in [-0.3, -0.25) is 9.69 Å². The largest absolute Gasteiger partial charge is 0.359 e. The van der Waals surface area contributed by atoms with E-state index >= 15 is 0 Å². The fourth-order valence-corrected chi connectivity index (χ4v) is 2.93. The molecule has 0 spiro atoms. The predicted octanol–water partition coefficient (Wildman–Crippen LogP) is 0.805. The van der Waals surface area contributed by atoms with Crippen LogP contribution < -0.4 is 5.32 Å². The lowest BCUT2D eigenvalue weighted by Gasteiger charge is -2.13. The minimum Gasteiger partial charge on any atom is -0.359 e. The van der Waals surface area contributed by atoms with E-state index in [0.717, 1.165) is 36.1 Å². The number of hydrogen-bond acceptors (Lipinski definition) is 5. The maximum atomic E-state index is 11.3. The van der Waals surface area contributed by atoms with Crippen molar-refractivity contribution in [3.05, 3.63) is 10.0 Å². The molecule has 1 saturated heterocycles. The second-order valence-electron chi connectivity index (χ2n) is 4.48. The number of carbonyl (C=O) groups excluding carboxylic acids is 1. The third kappa shape index (κ3) is 3.47. The summed E-state index contributed by atoms with van der Waals surface area (Å²) in [4.78, 5) is 13.6. The van der Waals surface area contributed by atoms with E-state index in [1.165, 1.54) is 0 Å². The van der Waals surface area contributed by atoms with Crippen molar-refractivity contribution < 1.29 is 4.79 Å². The number of amides is 1. The van der Waals surface area contributed by atoms with E-state index in [9.17, 15) is 4.79 Å². The lowest BCUT2D eigenvalue weighted by molar-refractivity contribution is -0.121. The van der Waals surface area contributed by atoms with Crippen LogP contribution in [0.15, 0.2) is 0 Å². The smallest absolute Gasteiger partial charge is 0.220 e. The average Bonchev–Trinajstić information content (AvgIpc) is 2.89. The Bertz CT molecular complexity index is 393. The molecule has 2 heterocycles. The Morgan fingerprint density at radius 1 is 1.59 bits per heavy atom. The zero-order chi connectivity index (χ0) is 12.3. The van der Waals surface area contributed by atoms with Crippen LogP contribution in [0, 0.1) is 12.8 Å². The maximum absolute atomic E-state index is 11.3. The van der Waals surface area contributed by atoms with Crippen molar-refractivity contribution >= 4 is 17.2 Å².